The van der Waals surface area contributed by atoms with Gasteiger partial charge in [-0.05, 0) is 49.1 Å². The molecule has 2 aromatic carbocycles. The first-order valence-electron chi connectivity index (χ1n) is 11.7. The highest BCUT2D eigenvalue weighted by atomic mass is 35.5. The van der Waals surface area contributed by atoms with Crippen molar-refractivity contribution in [3.63, 3.8) is 0 Å². The van der Waals surface area contributed by atoms with E-state index < -0.39 is 6.04 Å². The minimum atomic E-state index is -0.617. The number of thioether (sulfide) groups is 1. The Balaban J connectivity index is 1.74. The minimum absolute atomic E-state index is 0.130. The summed E-state index contributed by atoms with van der Waals surface area (Å²) in [5.41, 5.74) is 1.56. The summed E-state index contributed by atoms with van der Waals surface area (Å²) < 4.78 is 13.2. The lowest BCUT2D eigenvalue weighted by molar-refractivity contribution is -0.139. The van der Waals surface area contributed by atoms with E-state index in [2.05, 4.69) is 5.32 Å². The average molecular weight is 526 g/mol. The van der Waals surface area contributed by atoms with Gasteiger partial charge in [0.05, 0.1) is 5.75 Å². The van der Waals surface area contributed by atoms with E-state index in [1.807, 2.05) is 6.92 Å². The molecule has 2 amide bonds. The highest BCUT2D eigenvalue weighted by Gasteiger charge is 2.31. The second-order valence-electron chi connectivity index (χ2n) is 8.61. The molecule has 0 spiro atoms. The second kappa shape index (κ2) is 13.4. The Morgan fingerprint density at radius 2 is 1.74 bits per heavy atom. The van der Waals surface area contributed by atoms with Gasteiger partial charge in [0.25, 0.3) is 0 Å². The molecule has 0 saturated heterocycles. The maximum atomic E-state index is 13.4. The molecule has 1 N–H and O–H groups in total. The van der Waals surface area contributed by atoms with Gasteiger partial charge in [-0.1, -0.05) is 67.6 Å². The summed E-state index contributed by atoms with van der Waals surface area (Å²) in [4.78, 5) is 28.3. The first-order valence-corrected chi connectivity index (χ1v) is 13.6. The summed E-state index contributed by atoms with van der Waals surface area (Å²) in [6.07, 6.45) is 5.85. The Kier molecular flexibility index (Phi) is 10.5. The molecule has 184 valence electrons. The van der Waals surface area contributed by atoms with E-state index in [1.165, 1.54) is 30.3 Å². The molecule has 34 heavy (non-hydrogen) atoms. The number of nitrogens with one attached hydrogen (secondary N) is 1. The number of hydrogen-bond acceptors (Lipinski definition) is 3. The Morgan fingerprint density at radius 3 is 2.35 bits per heavy atom. The van der Waals surface area contributed by atoms with Gasteiger partial charge in [0.1, 0.15) is 11.9 Å². The third kappa shape index (κ3) is 7.62. The van der Waals surface area contributed by atoms with Gasteiger partial charge in [0, 0.05) is 33.9 Å². The quantitative estimate of drug-likeness (QED) is 0.379. The lowest BCUT2D eigenvalue weighted by atomic mass is 9.95. The maximum absolute atomic E-state index is 13.4. The smallest absolute Gasteiger partial charge is 0.243 e. The van der Waals surface area contributed by atoms with Crippen molar-refractivity contribution in [1.29, 1.82) is 0 Å². The molecule has 4 nitrogen and oxygen atoms in total. The highest BCUT2D eigenvalue weighted by molar-refractivity contribution is 7.99. The van der Waals surface area contributed by atoms with Crippen LogP contribution in [0.15, 0.2) is 42.5 Å². The average Bonchev–Trinajstić information content (AvgIpc) is 2.82. The van der Waals surface area contributed by atoms with Gasteiger partial charge < -0.3 is 10.2 Å². The number of hydrogen-bond donors (Lipinski definition) is 1. The summed E-state index contributed by atoms with van der Waals surface area (Å²) >= 11 is 14.2. The number of benzene rings is 2. The molecule has 2 aromatic rings. The Hall–Kier alpha value is -1.76. The summed E-state index contributed by atoms with van der Waals surface area (Å²) in [6.45, 7) is 2.07. The SMILES string of the molecule is CCC(C(=O)NC1CCCCC1)N(Cc1c(Cl)cccc1Cl)C(=O)CSCc1ccc(F)cc1. The molecule has 0 bridgehead atoms. The van der Waals surface area contributed by atoms with Crippen LogP contribution in [0.5, 0.6) is 0 Å². The first kappa shape index (κ1) is 26.8. The number of carbonyl (C=O) groups excluding carboxylic acids is 2. The van der Waals surface area contributed by atoms with E-state index in [0.29, 0.717) is 27.8 Å². The monoisotopic (exact) mass is 524 g/mol. The van der Waals surface area contributed by atoms with Gasteiger partial charge in [0.15, 0.2) is 0 Å². The molecule has 1 aliphatic carbocycles. The molecule has 1 aliphatic rings. The van der Waals surface area contributed by atoms with Crippen molar-refractivity contribution in [2.75, 3.05) is 5.75 Å². The van der Waals surface area contributed by atoms with Crippen molar-refractivity contribution < 1.29 is 14.0 Å². The fourth-order valence-corrected chi connectivity index (χ4v) is 5.62. The topological polar surface area (TPSA) is 49.4 Å². The number of amides is 2. The first-order chi connectivity index (χ1) is 16.4. The van der Waals surface area contributed by atoms with Crippen LogP contribution >= 0.6 is 35.0 Å². The number of halogens is 3. The van der Waals surface area contributed by atoms with E-state index >= 15 is 0 Å². The molecule has 8 heteroatoms. The lowest BCUT2D eigenvalue weighted by Gasteiger charge is -2.33. The zero-order chi connectivity index (χ0) is 24.5. The van der Waals surface area contributed by atoms with Crippen LogP contribution in [0.1, 0.15) is 56.6 Å². The second-order valence-corrected chi connectivity index (χ2v) is 10.4. The summed E-state index contributed by atoms with van der Waals surface area (Å²) in [5.74, 6) is 0.176. The zero-order valence-electron chi connectivity index (χ0n) is 19.4. The van der Waals surface area contributed by atoms with Crippen molar-refractivity contribution in [2.45, 2.75) is 69.8 Å². The molecule has 1 unspecified atom stereocenters. The highest BCUT2D eigenvalue weighted by Crippen LogP contribution is 2.28. The van der Waals surface area contributed by atoms with Gasteiger partial charge in [-0.3, -0.25) is 9.59 Å². The van der Waals surface area contributed by atoms with E-state index in [1.54, 1.807) is 35.2 Å². The molecular weight excluding hydrogens is 494 g/mol. The van der Waals surface area contributed by atoms with Crippen LogP contribution in [-0.4, -0.2) is 34.6 Å². The number of nitrogens with zero attached hydrogens (tertiary/aromatic N) is 1. The van der Waals surface area contributed by atoms with Gasteiger partial charge in [-0.15, -0.1) is 11.8 Å². The standard InChI is InChI=1S/C26H31Cl2FN2O2S/c1-2-24(26(33)30-20-7-4-3-5-8-20)31(15-21-22(27)9-6-10-23(21)28)25(32)17-34-16-18-11-13-19(29)14-12-18/h6,9-14,20,24H,2-5,7-8,15-17H2,1H3,(H,30,33). The predicted molar refractivity (Wildman–Crippen MR) is 139 cm³/mol. The lowest BCUT2D eigenvalue weighted by Crippen LogP contribution is -2.52. The molecule has 0 heterocycles. The Morgan fingerprint density at radius 1 is 1.09 bits per heavy atom. The van der Waals surface area contributed by atoms with E-state index in [0.717, 1.165) is 31.2 Å². The van der Waals surface area contributed by atoms with Crippen LogP contribution in [0.2, 0.25) is 10.0 Å². The number of carbonyl (C=O) groups is 2. The van der Waals surface area contributed by atoms with Crippen LogP contribution in [0.25, 0.3) is 0 Å². The van der Waals surface area contributed by atoms with Crippen LogP contribution in [0.4, 0.5) is 4.39 Å². The third-order valence-corrected chi connectivity index (χ3v) is 7.83. The van der Waals surface area contributed by atoms with E-state index in [9.17, 15) is 14.0 Å². The molecule has 0 aromatic heterocycles. The van der Waals surface area contributed by atoms with Crippen molar-refractivity contribution in [3.8, 4) is 0 Å². The third-order valence-electron chi connectivity index (χ3n) is 6.14. The van der Waals surface area contributed by atoms with Crippen molar-refractivity contribution in [3.05, 3.63) is 69.5 Å². The Labute approximate surface area is 215 Å². The maximum Gasteiger partial charge on any atom is 0.243 e. The fraction of sp³-hybridized carbons (Fsp3) is 0.462. The molecule has 0 aliphatic heterocycles. The van der Waals surface area contributed by atoms with Gasteiger partial charge in [-0.2, -0.15) is 0 Å². The van der Waals surface area contributed by atoms with E-state index in [-0.39, 0.29) is 36.0 Å². The number of rotatable bonds is 10. The molecular formula is C26H31Cl2FN2O2S. The predicted octanol–water partition coefficient (Wildman–Crippen LogP) is 6.62. The molecule has 3 rings (SSSR count). The summed E-state index contributed by atoms with van der Waals surface area (Å²) in [5, 5.41) is 4.10. The van der Waals surface area contributed by atoms with Crippen LogP contribution in [0.3, 0.4) is 0 Å². The van der Waals surface area contributed by atoms with Crippen LogP contribution in [0, 0.1) is 5.82 Å². The van der Waals surface area contributed by atoms with Gasteiger partial charge >= 0.3 is 0 Å². The normalized spacial score (nSPS) is 15.1. The molecule has 1 fully saturated rings. The molecule has 0 radical (unpaired) electrons. The summed E-state index contributed by atoms with van der Waals surface area (Å²) in [6, 6.07) is 11.0. The Bertz CT molecular complexity index is 948. The fourth-order valence-electron chi connectivity index (χ4n) is 4.24. The van der Waals surface area contributed by atoms with Crippen molar-refractivity contribution >= 4 is 46.8 Å². The van der Waals surface area contributed by atoms with Gasteiger partial charge in [-0.25, -0.2) is 4.39 Å². The minimum Gasteiger partial charge on any atom is -0.352 e. The zero-order valence-corrected chi connectivity index (χ0v) is 21.7. The molecule has 1 saturated carbocycles. The van der Waals surface area contributed by atoms with E-state index in [4.69, 9.17) is 23.2 Å². The van der Waals surface area contributed by atoms with Crippen LogP contribution in [-0.2, 0) is 21.9 Å². The molecule has 1 atom stereocenters. The van der Waals surface area contributed by atoms with Gasteiger partial charge in [0.2, 0.25) is 11.8 Å². The van der Waals surface area contributed by atoms with Crippen molar-refractivity contribution in [1.82, 2.24) is 10.2 Å². The van der Waals surface area contributed by atoms with Crippen molar-refractivity contribution in [2.24, 2.45) is 0 Å². The van der Waals surface area contributed by atoms with Crippen LogP contribution < -0.4 is 5.32 Å². The largest absolute Gasteiger partial charge is 0.352 e. The summed E-state index contributed by atoms with van der Waals surface area (Å²) in [7, 11) is 0.